The Morgan fingerprint density at radius 2 is 2.19 bits per heavy atom. The average molecular weight is 453 g/mol. The van der Waals surface area contributed by atoms with E-state index in [4.69, 9.17) is 26.1 Å². The van der Waals surface area contributed by atoms with Gasteiger partial charge in [-0.05, 0) is 42.8 Å². The summed E-state index contributed by atoms with van der Waals surface area (Å²) in [6, 6.07) is 12.3. The first kappa shape index (κ1) is 20.9. The molecule has 0 amide bonds. The molecule has 1 N–H and O–H groups in total. The molecule has 6 nitrogen and oxygen atoms in total. The van der Waals surface area contributed by atoms with Gasteiger partial charge >= 0.3 is 0 Å². The van der Waals surface area contributed by atoms with Crippen LogP contribution < -0.4 is 10.1 Å². The monoisotopic (exact) mass is 452 g/mol. The number of benzene rings is 2. The van der Waals surface area contributed by atoms with E-state index in [1.165, 1.54) is 12.1 Å². The minimum absolute atomic E-state index is 0.144. The Hall–Kier alpha value is -3.00. The highest BCUT2D eigenvalue weighted by atomic mass is 35.5. The topological polar surface area (TPSA) is 61.2 Å². The number of nitrogens with zero attached hydrogens (tertiary/aromatic N) is 3. The first-order chi connectivity index (χ1) is 15.6. The second-order valence-electron chi connectivity index (χ2n) is 7.71. The van der Waals surface area contributed by atoms with Crippen molar-refractivity contribution >= 4 is 22.5 Å². The number of hydrogen-bond acceptors (Lipinski definition) is 5. The lowest BCUT2D eigenvalue weighted by atomic mass is 10.00. The highest BCUT2D eigenvalue weighted by Gasteiger charge is 2.22. The Kier molecular flexibility index (Phi) is 5.78. The number of morpholine rings is 1. The van der Waals surface area contributed by atoms with Gasteiger partial charge in [-0.15, -0.1) is 0 Å². The van der Waals surface area contributed by atoms with Crippen molar-refractivity contribution in [2.75, 3.05) is 19.8 Å². The molecule has 3 heterocycles. The lowest BCUT2D eigenvalue weighted by molar-refractivity contribution is 0.0762. The van der Waals surface area contributed by atoms with Crippen LogP contribution >= 0.6 is 11.6 Å². The van der Waals surface area contributed by atoms with Crippen molar-refractivity contribution in [3.63, 3.8) is 0 Å². The summed E-state index contributed by atoms with van der Waals surface area (Å²) in [6.07, 6.45) is 3.63. The third kappa shape index (κ3) is 4.07. The molecule has 0 saturated carbocycles. The summed E-state index contributed by atoms with van der Waals surface area (Å²) in [5, 5.41) is 8.97. The number of fused-ring (bicyclic) bond motifs is 1. The maximum absolute atomic E-state index is 14.1. The standard InChI is InChI=1S/C24H22ClFN4O2/c1-15-10-22(30-8-3-6-28-30)17-4-2-5-23(24(17)29-15)32-13-19-18(11-16(26)12-20(19)25)21-14-31-9-7-27-21/h2-6,8,10-12,21,27H,7,9,13-14H2,1H3/t21-/m0/s1. The van der Waals surface area contributed by atoms with Gasteiger partial charge in [0, 0.05) is 35.6 Å². The van der Waals surface area contributed by atoms with Gasteiger partial charge < -0.3 is 14.8 Å². The predicted molar refractivity (Wildman–Crippen MR) is 121 cm³/mol. The van der Waals surface area contributed by atoms with Gasteiger partial charge in [0.1, 0.15) is 23.7 Å². The highest BCUT2D eigenvalue weighted by molar-refractivity contribution is 6.31. The summed E-state index contributed by atoms with van der Waals surface area (Å²) in [6.45, 7) is 3.90. The molecule has 0 bridgehead atoms. The van der Waals surface area contributed by atoms with Crippen LogP contribution in [0, 0.1) is 12.7 Å². The van der Waals surface area contributed by atoms with Crippen molar-refractivity contribution in [3.05, 3.63) is 82.5 Å². The first-order valence-corrected chi connectivity index (χ1v) is 10.8. The van der Waals surface area contributed by atoms with E-state index in [9.17, 15) is 4.39 Å². The average Bonchev–Trinajstić information content (AvgIpc) is 3.33. The van der Waals surface area contributed by atoms with Gasteiger partial charge in [0.25, 0.3) is 0 Å². The molecule has 1 aliphatic heterocycles. The number of pyridine rings is 1. The number of nitrogens with one attached hydrogen (secondary N) is 1. The van der Waals surface area contributed by atoms with Crippen molar-refractivity contribution in [3.8, 4) is 11.4 Å². The molecule has 1 atom stereocenters. The van der Waals surface area contributed by atoms with Crippen molar-refractivity contribution in [1.82, 2.24) is 20.1 Å². The van der Waals surface area contributed by atoms with Crippen LogP contribution in [0.2, 0.25) is 5.02 Å². The predicted octanol–water partition coefficient (Wildman–Crippen LogP) is 4.76. The fourth-order valence-electron chi connectivity index (χ4n) is 4.05. The van der Waals surface area contributed by atoms with Gasteiger partial charge in [-0.25, -0.2) is 14.1 Å². The zero-order chi connectivity index (χ0) is 22.1. The first-order valence-electron chi connectivity index (χ1n) is 10.4. The molecule has 2 aromatic heterocycles. The molecular formula is C24H22ClFN4O2. The summed E-state index contributed by atoms with van der Waals surface area (Å²) in [4.78, 5) is 4.72. The van der Waals surface area contributed by atoms with Crippen LogP contribution in [-0.4, -0.2) is 34.5 Å². The Morgan fingerprint density at radius 1 is 1.28 bits per heavy atom. The second kappa shape index (κ2) is 8.86. The zero-order valence-electron chi connectivity index (χ0n) is 17.5. The Labute approximate surface area is 189 Å². The van der Waals surface area contributed by atoms with E-state index < -0.39 is 0 Å². The lowest BCUT2D eigenvalue weighted by Crippen LogP contribution is -2.35. The number of aromatic nitrogens is 3. The maximum atomic E-state index is 14.1. The fourth-order valence-corrected chi connectivity index (χ4v) is 4.32. The summed E-state index contributed by atoms with van der Waals surface area (Å²) in [7, 11) is 0. The number of ether oxygens (including phenoxy) is 2. The largest absolute Gasteiger partial charge is 0.487 e. The normalized spacial score (nSPS) is 16.4. The summed E-state index contributed by atoms with van der Waals surface area (Å²) >= 11 is 6.44. The Balaban J connectivity index is 1.51. The van der Waals surface area contributed by atoms with Gasteiger partial charge in [0.2, 0.25) is 0 Å². The van der Waals surface area contributed by atoms with E-state index >= 15 is 0 Å². The van der Waals surface area contributed by atoms with Gasteiger partial charge in [0.05, 0.1) is 30.0 Å². The number of halogens is 2. The van der Waals surface area contributed by atoms with E-state index in [1.54, 1.807) is 6.20 Å². The number of para-hydroxylation sites is 1. The lowest BCUT2D eigenvalue weighted by Gasteiger charge is -2.26. The third-order valence-corrected chi connectivity index (χ3v) is 5.86. The van der Waals surface area contributed by atoms with Gasteiger partial charge in [0.15, 0.2) is 0 Å². The van der Waals surface area contributed by atoms with E-state index in [-0.39, 0.29) is 18.5 Å². The van der Waals surface area contributed by atoms with Crippen LogP contribution in [0.4, 0.5) is 4.39 Å². The quantitative estimate of drug-likeness (QED) is 0.473. The van der Waals surface area contributed by atoms with Crippen molar-refractivity contribution in [2.24, 2.45) is 0 Å². The molecule has 8 heteroatoms. The van der Waals surface area contributed by atoms with E-state index in [0.29, 0.717) is 30.5 Å². The molecule has 4 aromatic rings. The molecule has 1 saturated heterocycles. The van der Waals surface area contributed by atoms with Crippen LogP contribution in [-0.2, 0) is 11.3 Å². The zero-order valence-corrected chi connectivity index (χ0v) is 18.3. The maximum Gasteiger partial charge on any atom is 0.146 e. The van der Waals surface area contributed by atoms with E-state index in [0.717, 1.165) is 33.4 Å². The summed E-state index contributed by atoms with van der Waals surface area (Å²) in [5.74, 6) is 0.242. The molecule has 1 aliphatic rings. The summed E-state index contributed by atoms with van der Waals surface area (Å²) < 4.78 is 27.7. The minimum Gasteiger partial charge on any atom is -0.487 e. The second-order valence-corrected chi connectivity index (χ2v) is 8.12. The minimum atomic E-state index is -0.382. The van der Waals surface area contributed by atoms with E-state index in [1.807, 2.05) is 48.1 Å². The SMILES string of the molecule is Cc1cc(-n2cccn2)c2cccc(OCc3c(Cl)cc(F)cc3[C@@H]3COCCN3)c2n1. The van der Waals surface area contributed by atoms with Crippen LogP contribution in [0.5, 0.6) is 5.75 Å². The van der Waals surface area contributed by atoms with Crippen LogP contribution in [0.15, 0.2) is 54.9 Å². The molecule has 0 aliphatic carbocycles. The molecule has 0 radical (unpaired) electrons. The molecule has 5 rings (SSSR count). The number of aryl methyl sites for hydroxylation is 1. The molecule has 164 valence electrons. The third-order valence-electron chi connectivity index (χ3n) is 5.52. The van der Waals surface area contributed by atoms with Crippen LogP contribution in [0.25, 0.3) is 16.6 Å². The molecule has 32 heavy (non-hydrogen) atoms. The molecule has 0 spiro atoms. The summed E-state index contributed by atoms with van der Waals surface area (Å²) in [5.41, 5.74) is 3.98. The molecular weight excluding hydrogens is 431 g/mol. The van der Waals surface area contributed by atoms with Gasteiger partial charge in [-0.2, -0.15) is 5.10 Å². The molecule has 1 fully saturated rings. The van der Waals surface area contributed by atoms with Crippen LogP contribution in [0.1, 0.15) is 22.9 Å². The fraction of sp³-hybridized carbons (Fsp3) is 0.250. The van der Waals surface area contributed by atoms with Gasteiger partial charge in [-0.1, -0.05) is 23.7 Å². The Morgan fingerprint density at radius 3 is 2.97 bits per heavy atom. The smallest absolute Gasteiger partial charge is 0.146 e. The van der Waals surface area contributed by atoms with Gasteiger partial charge in [-0.3, -0.25) is 0 Å². The number of rotatable bonds is 5. The van der Waals surface area contributed by atoms with Crippen molar-refractivity contribution < 1.29 is 13.9 Å². The Bertz CT molecular complexity index is 1260. The van der Waals surface area contributed by atoms with E-state index in [2.05, 4.69) is 10.4 Å². The van der Waals surface area contributed by atoms with Crippen molar-refractivity contribution in [1.29, 1.82) is 0 Å². The number of hydrogen-bond donors (Lipinski definition) is 1. The van der Waals surface area contributed by atoms with Crippen LogP contribution in [0.3, 0.4) is 0 Å². The molecule has 2 aromatic carbocycles. The highest BCUT2D eigenvalue weighted by Crippen LogP contribution is 2.32. The van der Waals surface area contributed by atoms with Crippen molar-refractivity contribution in [2.45, 2.75) is 19.6 Å². The molecule has 0 unspecified atom stereocenters.